The monoisotopic (exact) mass is 596 g/mol. The molecule has 2 aromatic heterocycles. The first-order valence-corrected chi connectivity index (χ1v) is 13.9. The second-order valence-electron chi connectivity index (χ2n) is 7.91. The number of carbonyl (C=O) groups excluding carboxylic acids is 1. The van der Waals surface area contributed by atoms with Gasteiger partial charge in [0.1, 0.15) is 16.1 Å². The summed E-state index contributed by atoms with van der Waals surface area (Å²) < 4.78 is 61.4. The quantitative estimate of drug-likeness (QED) is 0.250. The largest absolute Gasteiger partial charge is 0.490 e. The average Bonchev–Trinajstić information content (AvgIpc) is 3.48. The van der Waals surface area contributed by atoms with Gasteiger partial charge in [0.25, 0.3) is 10.0 Å². The van der Waals surface area contributed by atoms with Crippen LogP contribution >= 0.6 is 34.3 Å². The van der Waals surface area contributed by atoms with Crippen molar-refractivity contribution < 1.29 is 36.3 Å². The maximum Gasteiger partial charge on any atom is 0.490 e. The molecule has 37 heavy (non-hydrogen) atoms. The molecule has 5 N–H and O–H groups in total. The molecule has 1 aliphatic heterocycles. The summed E-state index contributed by atoms with van der Waals surface area (Å²) in [6.45, 7) is 2.56. The van der Waals surface area contributed by atoms with E-state index in [0.29, 0.717) is 35.0 Å². The van der Waals surface area contributed by atoms with Crippen molar-refractivity contribution in [2.75, 3.05) is 6.54 Å². The van der Waals surface area contributed by atoms with Gasteiger partial charge in [-0.15, -0.1) is 22.7 Å². The molecule has 1 atom stereocenters. The molecule has 4 rings (SSSR count). The van der Waals surface area contributed by atoms with Gasteiger partial charge in [0.15, 0.2) is 0 Å². The third-order valence-corrected chi connectivity index (χ3v) is 9.84. The Morgan fingerprint density at radius 3 is 2.57 bits per heavy atom. The molecule has 1 aliphatic rings. The number of likely N-dealkylation sites (tertiary alicyclic amines) is 1. The maximum atomic E-state index is 13.0. The average molecular weight is 597 g/mol. The number of thiophene rings is 2. The van der Waals surface area contributed by atoms with Crippen LogP contribution in [0.25, 0.3) is 10.1 Å². The molecule has 1 amide bonds. The zero-order valence-electron chi connectivity index (χ0n) is 18.9. The number of sulfonamides is 1. The fourth-order valence-electron chi connectivity index (χ4n) is 3.49. The number of nitrogens with two attached hydrogens (primary N) is 1. The van der Waals surface area contributed by atoms with E-state index in [1.54, 1.807) is 36.1 Å². The lowest BCUT2D eigenvalue weighted by molar-refractivity contribution is -0.192. The summed E-state index contributed by atoms with van der Waals surface area (Å²) in [5, 5.41) is 17.8. The molecule has 1 unspecified atom stereocenters. The van der Waals surface area contributed by atoms with Gasteiger partial charge in [-0.3, -0.25) is 10.2 Å². The number of halogens is 4. The van der Waals surface area contributed by atoms with Crippen LogP contribution in [0.4, 0.5) is 13.2 Å². The Bertz CT molecular complexity index is 1470. The highest BCUT2D eigenvalue weighted by molar-refractivity contribution is 7.91. The Morgan fingerprint density at radius 2 is 2.00 bits per heavy atom. The maximum absolute atomic E-state index is 13.0. The van der Waals surface area contributed by atoms with E-state index < -0.39 is 28.2 Å². The number of rotatable bonds is 6. The van der Waals surface area contributed by atoms with E-state index in [0.717, 1.165) is 15.6 Å². The predicted octanol–water partition coefficient (Wildman–Crippen LogP) is 3.92. The van der Waals surface area contributed by atoms with Crippen LogP contribution in [0.2, 0.25) is 5.02 Å². The third-order valence-electron chi connectivity index (χ3n) is 5.23. The second-order valence-corrected chi connectivity index (χ2v) is 12.2. The smallest absolute Gasteiger partial charge is 0.475 e. The van der Waals surface area contributed by atoms with Crippen molar-refractivity contribution in [2.45, 2.75) is 36.3 Å². The number of carboxylic acids is 1. The number of hydrogen-bond acceptors (Lipinski definition) is 7. The highest BCUT2D eigenvalue weighted by atomic mass is 35.5. The first kappa shape index (κ1) is 28.8. The van der Waals surface area contributed by atoms with Crippen molar-refractivity contribution in [3.05, 3.63) is 50.7 Å². The zero-order valence-corrected chi connectivity index (χ0v) is 22.1. The minimum atomic E-state index is -5.08. The summed E-state index contributed by atoms with van der Waals surface area (Å²) >= 11 is 8.56. The lowest BCUT2D eigenvalue weighted by atomic mass is 10.2. The number of alkyl halides is 3. The molecule has 0 saturated carbocycles. The van der Waals surface area contributed by atoms with E-state index in [1.807, 2.05) is 5.38 Å². The number of nitrogens with zero attached hydrogens (tertiary/aromatic N) is 1. The van der Waals surface area contributed by atoms with Crippen molar-refractivity contribution in [1.82, 2.24) is 9.62 Å². The Balaban J connectivity index is 0.000000479. The van der Waals surface area contributed by atoms with Crippen molar-refractivity contribution in [2.24, 2.45) is 5.73 Å². The number of nitrogens with one attached hydrogen (secondary N) is 2. The molecule has 3 heterocycles. The fourth-order valence-corrected chi connectivity index (χ4v) is 7.42. The van der Waals surface area contributed by atoms with E-state index in [9.17, 15) is 26.4 Å². The number of nitrogen functional groups attached to an aromatic ring is 1. The van der Waals surface area contributed by atoms with Crippen LogP contribution < -0.4 is 10.5 Å². The lowest BCUT2D eigenvalue weighted by Crippen LogP contribution is -2.41. The Kier molecular flexibility index (Phi) is 8.54. The molecule has 0 spiro atoms. The SMILES string of the molecule is Cc1c(S(=O)(=O)NC2CCN(Cc3csc(C(=N)N)c3)C2=O)sc2ccc(Cl)cc12.O=C(O)C(F)(F)F. The number of carbonyl (C=O) groups is 2. The van der Waals surface area contributed by atoms with Crippen LogP contribution in [0.15, 0.2) is 33.9 Å². The van der Waals surface area contributed by atoms with E-state index in [1.165, 1.54) is 22.7 Å². The van der Waals surface area contributed by atoms with Crippen molar-refractivity contribution in [3.63, 3.8) is 0 Å². The number of amides is 1. The third kappa shape index (κ3) is 6.78. The minimum absolute atomic E-state index is 0.00960. The molecule has 3 aromatic rings. The Morgan fingerprint density at radius 1 is 1.35 bits per heavy atom. The van der Waals surface area contributed by atoms with Gasteiger partial charge in [0.05, 0.1) is 4.88 Å². The van der Waals surface area contributed by atoms with Gasteiger partial charge in [-0.25, -0.2) is 13.2 Å². The molecular weight excluding hydrogens is 577 g/mol. The number of hydrogen-bond donors (Lipinski definition) is 4. The van der Waals surface area contributed by atoms with Gasteiger partial charge in [-0.05, 0) is 59.5 Å². The summed E-state index contributed by atoms with van der Waals surface area (Å²) in [4.78, 5) is 23.9. The highest BCUT2D eigenvalue weighted by Gasteiger charge is 2.38. The highest BCUT2D eigenvalue weighted by Crippen LogP contribution is 2.35. The van der Waals surface area contributed by atoms with Gasteiger partial charge >= 0.3 is 12.1 Å². The summed E-state index contributed by atoms with van der Waals surface area (Å²) in [6.07, 6.45) is -4.68. The lowest BCUT2D eigenvalue weighted by Gasteiger charge is -2.16. The predicted molar refractivity (Wildman–Crippen MR) is 135 cm³/mol. The van der Waals surface area contributed by atoms with Crippen molar-refractivity contribution in [3.8, 4) is 0 Å². The normalized spacial score (nSPS) is 16.1. The summed E-state index contributed by atoms with van der Waals surface area (Å²) in [5.74, 6) is -3.02. The summed E-state index contributed by atoms with van der Waals surface area (Å²) in [6, 6.07) is 6.26. The van der Waals surface area contributed by atoms with Crippen LogP contribution in [0, 0.1) is 12.3 Å². The summed E-state index contributed by atoms with van der Waals surface area (Å²) in [5.41, 5.74) is 6.99. The molecule has 9 nitrogen and oxygen atoms in total. The first-order valence-electron chi connectivity index (χ1n) is 10.3. The van der Waals surface area contributed by atoms with Gasteiger partial charge in [-0.2, -0.15) is 17.9 Å². The molecule has 1 saturated heterocycles. The first-order chi connectivity index (χ1) is 17.1. The topological polar surface area (TPSA) is 154 Å². The molecule has 1 fully saturated rings. The standard InChI is InChI=1S/C19H19ClN4O3S3.C2HF3O2/c1-10-13-7-12(20)2-3-15(13)29-19(10)30(26,27)23-14-4-5-24(18(14)25)8-11-6-16(17(21)22)28-9-11;3-2(4,5)1(6)7/h2-3,6-7,9,14,23H,4-5,8H2,1H3,(H3,21,22);(H,6,7). The van der Waals surface area contributed by atoms with Crippen LogP contribution in [0.1, 0.15) is 22.4 Å². The zero-order chi connectivity index (χ0) is 27.7. The molecule has 0 aliphatic carbocycles. The van der Waals surface area contributed by atoms with Crippen LogP contribution in [0.3, 0.4) is 0 Å². The van der Waals surface area contributed by atoms with E-state index in [4.69, 9.17) is 32.6 Å². The molecule has 1 aromatic carbocycles. The molecule has 0 bridgehead atoms. The molecular formula is C21H20ClF3N4O5S3. The fraction of sp³-hybridized carbons (Fsp3) is 0.286. The minimum Gasteiger partial charge on any atom is -0.475 e. The number of amidine groups is 1. The van der Waals surface area contributed by atoms with Crippen LogP contribution in [-0.4, -0.2) is 54.9 Å². The summed E-state index contributed by atoms with van der Waals surface area (Å²) in [7, 11) is -3.85. The number of carboxylic acid groups (broad SMARTS) is 1. The number of benzene rings is 1. The van der Waals surface area contributed by atoms with Crippen LogP contribution in [0.5, 0.6) is 0 Å². The van der Waals surface area contributed by atoms with Crippen LogP contribution in [-0.2, 0) is 26.2 Å². The molecule has 0 radical (unpaired) electrons. The van der Waals surface area contributed by atoms with Crippen molar-refractivity contribution in [1.29, 1.82) is 5.41 Å². The van der Waals surface area contributed by atoms with Gasteiger partial charge < -0.3 is 15.7 Å². The second kappa shape index (κ2) is 10.9. The van der Waals surface area contributed by atoms with Gasteiger partial charge in [0.2, 0.25) is 5.91 Å². The van der Waals surface area contributed by atoms with Gasteiger partial charge in [-0.1, -0.05) is 11.6 Å². The van der Waals surface area contributed by atoms with Crippen molar-refractivity contribution >= 4 is 72.1 Å². The number of fused-ring (bicyclic) bond motifs is 1. The number of aliphatic carboxylic acids is 1. The molecule has 200 valence electrons. The van der Waals surface area contributed by atoms with E-state index in [2.05, 4.69) is 4.72 Å². The Hall–Kier alpha value is -2.72. The van der Waals surface area contributed by atoms with E-state index in [-0.39, 0.29) is 16.0 Å². The Labute approximate surface area is 222 Å². The molecule has 16 heteroatoms. The van der Waals surface area contributed by atoms with Gasteiger partial charge in [0, 0.05) is 22.8 Å². The number of aryl methyl sites for hydroxylation is 1. The van der Waals surface area contributed by atoms with E-state index >= 15 is 0 Å².